The van der Waals surface area contributed by atoms with E-state index in [2.05, 4.69) is 6.58 Å². The van der Waals surface area contributed by atoms with Gasteiger partial charge in [0.05, 0.1) is 6.42 Å². The maximum atomic E-state index is 12.1. The lowest BCUT2D eigenvalue weighted by Gasteiger charge is -2.39. The van der Waals surface area contributed by atoms with Gasteiger partial charge >= 0.3 is 5.97 Å². The molecule has 5 nitrogen and oxygen atoms in total. The van der Waals surface area contributed by atoms with E-state index in [1.807, 2.05) is 20.8 Å². The van der Waals surface area contributed by atoms with Gasteiger partial charge < -0.3 is 9.64 Å². The van der Waals surface area contributed by atoms with Gasteiger partial charge in [0.2, 0.25) is 5.91 Å². The van der Waals surface area contributed by atoms with Crippen molar-refractivity contribution < 1.29 is 19.1 Å². The Balaban J connectivity index is 5.06. The van der Waals surface area contributed by atoms with Crippen molar-refractivity contribution in [3.8, 4) is 0 Å². The molecule has 1 atom stereocenters. The van der Waals surface area contributed by atoms with Crippen molar-refractivity contribution in [1.29, 1.82) is 0 Å². The van der Waals surface area contributed by atoms with Crippen LogP contribution < -0.4 is 0 Å². The molecule has 0 saturated carbocycles. The maximum Gasteiger partial charge on any atom is 0.335 e. The molecule has 0 aromatic rings. The predicted molar refractivity (Wildman–Crippen MR) is 72.3 cm³/mol. The molecule has 0 aromatic carbocycles. The maximum absolute atomic E-state index is 12.1. The minimum atomic E-state index is -0.754. The van der Waals surface area contributed by atoms with Crippen LogP contribution in [0, 0.1) is 0 Å². The lowest BCUT2D eigenvalue weighted by molar-refractivity contribution is -0.166. The van der Waals surface area contributed by atoms with Gasteiger partial charge in [-0.25, -0.2) is 4.79 Å². The Morgan fingerprint density at radius 1 is 1.21 bits per heavy atom. The van der Waals surface area contributed by atoms with Crippen LogP contribution in [0.3, 0.4) is 0 Å². The molecule has 5 heteroatoms. The van der Waals surface area contributed by atoms with E-state index in [0.29, 0.717) is 0 Å². The molecule has 0 aliphatic rings. The van der Waals surface area contributed by atoms with Crippen molar-refractivity contribution in [2.75, 3.05) is 0 Å². The number of carbonyl (C=O) groups is 3. The molecule has 0 spiro atoms. The molecular weight excluding hydrogens is 246 g/mol. The Kier molecular flexibility index (Phi) is 5.93. The van der Waals surface area contributed by atoms with E-state index in [0.717, 1.165) is 0 Å². The van der Waals surface area contributed by atoms with Crippen molar-refractivity contribution in [3.05, 3.63) is 12.2 Å². The van der Waals surface area contributed by atoms with Gasteiger partial charge in [-0.1, -0.05) is 6.58 Å². The van der Waals surface area contributed by atoms with Gasteiger partial charge in [0.25, 0.3) is 0 Å². The van der Waals surface area contributed by atoms with E-state index in [1.165, 1.54) is 18.7 Å². The summed E-state index contributed by atoms with van der Waals surface area (Å²) >= 11 is 0. The molecule has 1 unspecified atom stereocenters. The van der Waals surface area contributed by atoms with Gasteiger partial charge in [-0.15, -0.1) is 0 Å². The topological polar surface area (TPSA) is 63.7 Å². The smallest absolute Gasteiger partial charge is 0.335 e. The molecular formula is C14H23NO4. The molecule has 0 fully saturated rings. The summed E-state index contributed by atoms with van der Waals surface area (Å²) in [6.45, 7) is 13.4. The number of carbonyl (C=O) groups excluding carboxylic acids is 3. The molecule has 108 valence electrons. The number of Topliss-reactive ketones (excluding diaryl/α,β-unsaturated/α-hetero) is 1. The SMILES string of the molecule is C=C(C)C(=O)OC(C)N(C(=O)CC(C)=O)C(C)(C)C. The number of amides is 1. The Hall–Kier alpha value is -1.65. The largest absolute Gasteiger partial charge is 0.438 e. The summed E-state index contributed by atoms with van der Waals surface area (Å²) in [4.78, 5) is 36.1. The summed E-state index contributed by atoms with van der Waals surface area (Å²) in [6, 6.07) is 0. The molecule has 0 aromatic heterocycles. The first-order chi connectivity index (χ1) is 8.46. The van der Waals surface area contributed by atoms with Crippen LogP contribution in [0.4, 0.5) is 0 Å². The second-order valence-electron chi connectivity index (χ2n) is 5.60. The normalized spacial score (nSPS) is 12.5. The minimum Gasteiger partial charge on any atom is -0.438 e. The first-order valence-electron chi connectivity index (χ1n) is 6.15. The number of rotatable bonds is 5. The highest BCUT2D eigenvalue weighted by Crippen LogP contribution is 2.20. The van der Waals surface area contributed by atoms with Crippen LogP contribution in [0.2, 0.25) is 0 Å². The van der Waals surface area contributed by atoms with Gasteiger partial charge in [-0.05, 0) is 41.5 Å². The quantitative estimate of drug-likeness (QED) is 0.332. The van der Waals surface area contributed by atoms with Crippen molar-refractivity contribution in [2.45, 2.75) is 59.7 Å². The van der Waals surface area contributed by atoms with Crippen LogP contribution in [-0.4, -0.2) is 34.3 Å². The fraction of sp³-hybridized carbons (Fsp3) is 0.643. The molecule has 0 heterocycles. The van der Waals surface area contributed by atoms with Crippen molar-refractivity contribution in [2.24, 2.45) is 0 Å². The lowest BCUT2D eigenvalue weighted by Crippen LogP contribution is -2.52. The monoisotopic (exact) mass is 269 g/mol. The summed E-state index contributed by atoms with van der Waals surface area (Å²) in [5.41, 5.74) is -0.291. The minimum absolute atomic E-state index is 0.202. The number of ketones is 1. The van der Waals surface area contributed by atoms with Crippen molar-refractivity contribution in [1.82, 2.24) is 4.90 Å². The highest BCUT2D eigenvalue weighted by Gasteiger charge is 2.33. The van der Waals surface area contributed by atoms with E-state index in [4.69, 9.17) is 4.74 Å². The van der Waals surface area contributed by atoms with Gasteiger partial charge in [0, 0.05) is 11.1 Å². The summed E-state index contributed by atoms with van der Waals surface area (Å²) < 4.78 is 5.16. The van der Waals surface area contributed by atoms with Crippen LogP contribution in [-0.2, 0) is 19.1 Å². The standard InChI is InChI=1S/C14H23NO4/c1-9(2)13(18)19-11(4)15(14(5,6)7)12(17)8-10(3)16/h11H,1,8H2,2-7H3. The van der Waals surface area contributed by atoms with E-state index < -0.39 is 17.7 Å². The van der Waals surface area contributed by atoms with Crippen molar-refractivity contribution >= 4 is 17.7 Å². The second kappa shape index (κ2) is 6.50. The number of hydrogen-bond donors (Lipinski definition) is 0. The molecule has 0 radical (unpaired) electrons. The number of ether oxygens (including phenoxy) is 1. The molecule has 0 aliphatic carbocycles. The number of esters is 1. The van der Waals surface area contributed by atoms with Crippen LogP contribution in [0.15, 0.2) is 12.2 Å². The highest BCUT2D eigenvalue weighted by atomic mass is 16.6. The fourth-order valence-corrected chi connectivity index (χ4v) is 1.73. The summed E-state index contributed by atoms with van der Waals surface area (Å²) in [5.74, 6) is -1.14. The van der Waals surface area contributed by atoms with Gasteiger partial charge in [0.15, 0.2) is 6.23 Å². The zero-order chi connectivity index (χ0) is 15.4. The molecule has 0 N–H and O–H groups in total. The van der Waals surface area contributed by atoms with E-state index >= 15 is 0 Å². The van der Waals surface area contributed by atoms with Crippen molar-refractivity contribution in [3.63, 3.8) is 0 Å². The zero-order valence-corrected chi connectivity index (χ0v) is 12.6. The van der Waals surface area contributed by atoms with Crippen LogP contribution in [0.5, 0.6) is 0 Å². The Labute approximate surface area is 114 Å². The lowest BCUT2D eigenvalue weighted by atomic mass is 10.0. The summed E-state index contributed by atoms with van der Waals surface area (Å²) in [6.07, 6.45) is -0.956. The average Bonchev–Trinajstić information content (AvgIpc) is 2.12. The third-order valence-electron chi connectivity index (χ3n) is 2.38. The summed E-state index contributed by atoms with van der Waals surface area (Å²) in [7, 11) is 0. The predicted octanol–water partition coefficient (Wildman–Crippen LogP) is 2.06. The van der Waals surface area contributed by atoms with Crippen LogP contribution in [0.25, 0.3) is 0 Å². The highest BCUT2D eigenvalue weighted by molar-refractivity contribution is 5.97. The number of hydrogen-bond acceptors (Lipinski definition) is 4. The second-order valence-corrected chi connectivity index (χ2v) is 5.60. The van der Waals surface area contributed by atoms with E-state index in [1.54, 1.807) is 6.92 Å². The third-order valence-corrected chi connectivity index (χ3v) is 2.38. The Morgan fingerprint density at radius 3 is 2.00 bits per heavy atom. The Morgan fingerprint density at radius 2 is 1.68 bits per heavy atom. The molecule has 1 amide bonds. The molecule has 19 heavy (non-hydrogen) atoms. The first-order valence-corrected chi connectivity index (χ1v) is 6.15. The molecule has 0 bridgehead atoms. The molecule has 0 aliphatic heterocycles. The zero-order valence-electron chi connectivity index (χ0n) is 12.6. The number of nitrogens with zero attached hydrogens (tertiary/aromatic N) is 1. The Bertz CT molecular complexity index is 393. The van der Waals surface area contributed by atoms with Gasteiger partial charge in [0.1, 0.15) is 5.78 Å². The van der Waals surface area contributed by atoms with Gasteiger partial charge in [-0.3, -0.25) is 9.59 Å². The summed E-state index contributed by atoms with van der Waals surface area (Å²) in [5, 5.41) is 0. The molecule has 0 rings (SSSR count). The van der Waals surface area contributed by atoms with Crippen LogP contribution >= 0.6 is 0 Å². The fourth-order valence-electron chi connectivity index (χ4n) is 1.73. The third kappa shape index (κ3) is 5.68. The first kappa shape index (κ1) is 17.4. The van der Waals surface area contributed by atoms with Crippen LogP contribution in [0.1, 0.15) is 48.0 Å². The molecule has 0 saturated heterocycles. The van der Waals surface area contributed by atoms with E-state index in [9.17, 15) is 14.4 Å². The van der Waals surface area contributed by atoms with E-state index in [-0.39, 0.29) is 23.7 Å². The van der Waals surface area contributed by atoms with Gasteiger partial charge in [-0.2, -0.15) is 0 Å². The average molecular weight is 269 g/mol.